The van der Waals surface area contributed by atoms with Crippen LogP contribution in [0.25, 0.3) is 21.7 Å². The first-order chi connectivity index (χ1) is 15.8. The fourth-order valence-electron chi connectivity index (χ4n) is 4.43. The van der Waals surface area contributed by atoms with Gasteiger partial charge in [0.1, 0.15) is 0 Å². The summed E-state index contributed by atoms with van der Waals surface area (Å²) < 4.78 is 28.0. The molecule has 3 aromatic carbocycles. The van der Waals surface area contributed by atoms with Crippen molar-refractivity contribution >= 4 is 37.6 Å². The Hall–Kier alpha value is -3.29. The van der Waals surface area contributed by atoms with Crippen molar-refractivity contribution in [2.45, 2.75) is 18.7 Å². The minimum atomic E-state index is -3.63. The molecule has 4 aromatic rings. The quantitative estimate of drug-likeness (QED) is 0.461. The molecule has 0 N–H and O–H groups in total. The van der Waals surface area contributed by atoms with Crippen molar-refractivity contribution in [1.82, 2.24) is 14.2 Å². The highest BCUT2D eigenvalue weighted by atomic mass is 32.2. The van der Waals surface area contributed by atoms with E-state index in [4.69, 9.17) is 0 Å². The minimum Gasteiger partial charge on any atom is -0.336 e. The number of piperazine rings is 1. The number of aromatic nitrogens is 1. The van der Waals surface area contributed by atoms with Crippen molar-refractivity contribution in [2.24, 2.45) is 0 Å². The Morgan fingerprint density at radius 3 is 2.33 bits per heavy atom. The number of carbonyl (C=O) groups is 1. The van der Waals surface area contributed by atoms with E-state index in [9.17, 15) is 13.2 Å². The van der Waals surface area contributed by atoms with Crippen LogP contribution in [0.2, 0.25) is 0 Å². The van der Waals surface area contributed by atoms with Crippen LogP contribution < -0.4 is 0 Å². The molecule has 6 nitrogen and oxygen atoms in total. The lowest BCUT2D eigenvalue weighted by Crippen LogP contribution is -2.50. The number of aryl methyl sites for hydroxylation is 2. The number of amides is 1. The molecule has 0 bridgehead atoms. The molecule has 7 heteroatoms. The zero-order chi connectivity index (χ0) is 23.2. The van der Waals surface area contributed by atoms with E-state index in [1.165, 1.54) is 4.31 Å². The summed E-state index contributed by atoms with van der Waals surface area (Å²) in [6.45, 7) is 5.10. The van der Waals surface area contributed by atoms with Gasteiger partial charge in [0.15, 0.2) is 0 Å². The summed E-state index contributed by atoms with van der Waals surface area (Å²) in [6, 6.07) is 20.6. The average Bonchev–Trinajstić information content (AvgIpc) is 2.83. The van der Waals surface area contributed by atoms with E-state index in [1.54, 1.807) is 17.0 Å². The van der Waals surface area contributed by atoms with E-state index in [1.807, 2.05) is 68.4 Å². The molecule has 0 radical (unpaired) electrons. The first-order valence-corrected chi connectivity index (χ1v) is 12.4. The fourth-order valence-corrected chi connectivity index (χ4v) is 5.89. The van der Waals surface area contributed by atoms with Crippen LogP contribution >= 0.6 is 0 Å². The Bertz CT molecular complexity index is 1490. The minimum absolute atomic E-state index is 0.0844. The second-order valence-electron chi connectivity index (χ2n) is 8.54. The van der Waals surface area contributed by atoms with Crippen LogP contribution in [0.5, 0.6) is 0 Å². The lowest BCUT2D eigenvalue weighted by Gasteiger charge is -2.34. The summed E-state index contributed by atoms with van der Waals surface area (Å²) in [5.41, 5.74) is 3.26. The standard InChI is InChI=1S/C26H25N3O3S/c1-18-7-10-25-23(15-18)24(16-19(2)27-25)26(30)28-11-13-29(14-12-28)33(31,32)22-9-8-20-5-3-4-6-21(20)17-22/h3-10,15-17H,11-14H2,1-2H3. The normalized spacial score (nSPS) is 15.3. The number of fused-ring (bicyclic) bond motifs is 2. The Labute approximate surface area is 193 Å². The van der Waals surface area contributed by atoms with Gasteiger partial charge in [-0.3, -0.25) is 9.78 Å². The molecule has 1 aliphatic rings. The maximum Gasteiger partial charge on any atom is 0.254 e. The van der Waals surface area contributed by atoms with Crippen LogP contribution in [0.1, 0.15) is 21.6 Å². The highest BCUT2D eigenvalue weighted by Gasteiger charge is 2.31. The molecule has 2 heterocycles. The predicted octanol–water partition coefficient (Wildman–Crippen LogP) is 4.15. The van der Waals surface area contributed by atoms with Crippen LogP contribution in [0.3, 0.4) is 0 Å². The molecule has 1 fully saturated rings. The molecule has 0 atom stereocenters. The van der Waals surface area contributed by atoms with Crippen molar-refractivity contribution in [3.05, 3.63) is 83.6 Å². The summed E-state index contributed by atoms with van der Waals surface area (Å²) >= 11 is 0. The molecule has 0 unspecified atom stereocenters. The van der Waals surface area contributed by atoms with Crippen LogP contribution in [0.4, 0.5) is 0 Å². The molecule has 1 aliphatic heterocycles. The van der Waals surface area contributed by atoms with Gasteiger partial charge in [0.2, 0.25) is 10.0 Å². The van der Waals surface area contributed by atoms with E-state index in [0.717, 1.165) is 32.9 Å². The summed E-state index contributed by atoms with van der Waals surface area (Å²) in [4.78, 5) is 19.9. The third-order valence-corrected chi connectivity index (χ3v) is 8.10. The van der Waals surface area contributed by atoms with Crippen LogP contribution in [0.15, 0.2) is 71.6 Å². The molecule has 5 rings (SSSR count). The summed E-state index contributed by atoms with van der Waals surface area (Å²) in [6.07, 6.45) is 0. The van der Waals surface area contributed by atoms with E-state index in [0.29, 0.717) is 18.7 Å². The van der Waals surface area contributed by atoms with Gasteiger partial charge in [-0.2, -0.15) is 4.31 Å². The highest BCUT2D eigenvalue weighted by Crippen LogP contribution is 2.25. The smallest absolute Gasteiger partial charge is 0.254 e. The lowest BCUT2D eigenvalue weighted by atomic mass is 10.0. The average molecular weight is 460 g/mol. The zero-order valence-electron chi connectivity index (χ0n) is 18.7. The largest absolute Gasteiger partial charge is 0.336 e. The number of carbonyl (C=O) groups excluding carboxylic acids is 1. The molecule has 33 heavy (non-hydrogen) atoms. The van der Waals surface area contributed by atoms with Crippen LogP contribution in [0, 0.1) is 13.8 Å². The maximum absolute atomic E-state index is 13.4. The molecule has 1 aromatic heterocycles. The third kappa shape index (κ3) is 3.98. The Morgan fingerprint density at radius 2 is 1.58 bits per heavy atom. The number of sulfonamides is 1. The first-order valence-electron chi connectivity index (χ1n) is 11.0. The SMILES string of the molecule is Cc1ccc2nc(C)cc(C(=O)N3CCN(S(=O)(=O)c4ccc5ccccc5c4)CC3)c2c1. The molecular weight excluding hydrogens is 434 g/mol. The number of rotatable bonds is 3. The van der Waals surface area contributed by atoms with Crippen molar-refractivity contribution in [3.63, 3.8) is 0 Å². The van der Waals surface area contributed by atoms with E-state index in [-0.39, 0.29) is 23.9 Å². The molecule has 0 saturated carbocycles. The second-order valence-corrected chi connectivity index (χ2v) is 10.5. The van der Waals surface area contributed by atoms with Crippen molar-refractivity contribution in [3.8, 4) is 0 Å². The monoisotopic (exact) mass is 459 g/mol. The van der Waals surface area contributed by atoms with Crippen molar-refractivity contribution in [2.75, 3.05) is 26.2 Å². The fraction of sp³-hybridized carbons (Fsp3) is 0.231. The molecular formula is C26H25N3O3S. The van der Waals surface area contributed by atoms with Gasteiger partial charge in [0, 0.05) is 37.3 Å². The predicted molar refractivity (Wildman–Crippen MR) is 130 cm³/mol. The number of benzene rings is 3. The highest BCUT2D eigenvalue weighted by molar-refractivity contribution is 7.89. The summed E-state index contributed by atoms with van der Waals surface area (Å²) in [7, 11) is -3.63. The van der Waals surface area contributed by atoms with Gasteiger partial charge in [-0.15, -0.1) is 0 Å². The second kappa shape index (κ2) is 8.24. The number of pyridine rings is 1. The van der Waals surface area contributed by atoms with Crippen LogP contribution in [-0.4, -0.2) is 54.7 Å². The van der Waals surface area contributed by atoms with Gasteiger partial charge >= 0.3 is 0 Å². The number of hydrogen-bond acceptors (Lipinski definition) is 4. The molecule has 0 spiro atoms. The van der Waals surface area contributed by atoms with Gasteiger partial charge in [-0.1, -0.05) is 42.0 Å². The lowest BCUT2D eigenvalue weighted by molar-refractivity contribution is 0.0699. The number of hydrogen-bond donors (Lipinski definition) is 0. The van der Waals surface area contributed by atoms with Gasteiger partial charge in [0.25, 0.3) is 5.91 Å². The van der Waals surface area contributed by atoms with Gasteiger partial charge in [-0.05, 0) is 55.0 Å². The van der Waals surface area contributed by atoms with E-state index in [2.05, 4.69) is 4.98 Å². The molecule has 168 valence electrons. The van der Waals surface area contributed by atoms with Crippen molar-refractivity contribution in [1.29, 1.82) is 0 Å². The molecule has 1 amide bonds. The van der Waals surface area contributed by atoms with Crippen LogP contribution in [-0.2, 0) is 10.0 Å². The number of nitrogens with zero attached hydrogens (tertiary/aromatic N) is 3. The van der Waals surface area contributed by atoms with Gasteiger partial charge in [-0.25, -0.2) is 8.42 Å². The summed E-state index contributed by atoms with van der Waals surface area (Å²) in [5, 5.41) is 2.72. The maximum atomic E-state index is 13.4. The topological polar surface area (TPSA) is 70.6 Å². The zero-order valence-corrected chi connectivity index (χ0v) is 19.5. The summed E-state index contributed by atoms with van der Waals surface area (Å²) in [5.74, 6) is -0.0844. The Morgan fingerprint density at radius 1 is 0.848 bits per heavy atom. The van der Waals surface area contributed by atoms with Gasteiger partial charge < -0.3 is 4.90 Å². The Kier molecular flexibility index (Phi) is 5.38. The van der Waals surface area contributed by atoms with E-state index < -0.39 is 10.0 Å². The van der Waals surface area contributed by atoms with Crippen molar-refractivity contribution < 1.29 is 13.2 Å². The molecule has 0 aliphatic carbocycles. The van der Waals surface area contributed by atoms with Gasteiger partial charge in [0.05, 0.1) is 16.0 Å². The van der Waals surface area contributed by atoms with E-state index >= 15 is 0 Å². The molecule has 1 saturated heterocycles. The third-order valence-electron chi connectivity index (χ3n) is 6.21. The first kappa shape index (κ1) is 21.6. The Balaban J connectivity index is 1.37.